The molecule has 0 atom stereocenters. The molecule has 0 radical (unpaired) electrons. The predicted molar refractivity (Wildman–Crippen MR) is 95.1 cm³/mol. The van der Waals surface area contributed by atoms with Gasteiger partial charge < -0.3 is 14.2 Å². The molecule has 0 bridgehead atoms. The monoisotopic (exact) mass is 350 g/mol. The van der Waals surface area contributed by atoms with Crippen LogP contribution in [0.25, 0.3) is 21.9 Å². The third-order valence-electron chi connectivity index (χ3n) is 3.65. The van der Waals surface area contributed by atoms with Crippen molar-refractivity contribution >= 4 is 17.2 Å². The van der Waals surface area contributed by atoms with E-state index in [1.165, 1.54) is 11.3 Å². The third-order valence-corrected chi connectivity index (χ3v) is 4.54. The highest BCUT2D eigenvalue weighted by Gasteiger charge is 2.13. The molecule has 0 aliphatic heterocycles. The Morgan fingerprint density at radius 1 is 1.08 bits per heavy atom. The molecular weight excluding hydrogens is 336 g/mol. The molecule has 0 saturated heterocycles. The van der Waals surface area contributed by atoms with Crippen molar-refractivity contribution in [2.75, 3.05) is 0 Å². The Kier molecular flexibility index (Phi) is 4.18. The van der Waals surface area contributed by atoms with E-state index in [2.05, 4.69) is 10.3 Å². The number of benzene rings is 1. The summed E-state index contributed by atoms with van der Waals surface area (Å²) in [5.41, 5.74) is 2.28. The van der Waals surface area contributed by atoms with Crippen LogP contribution in [0.4, 0.5) is 0 Å². The first-order valence-corrected chi connectivity index (χ1v) is 8.58. The van der Waals surface area contributed by atoms with Gasteiger partial charge in [-0.25, -0.2) is 4.98 Å². The van der Waals surface area contributed by atoms with Crippen molar-refractivity contribution in [3.05, 3.63) is 77.9 Å². The van der Waals surface area contributed by atoms with E-state index in [1.807, 2.05) is 48.5 Å². The van der Waals surface area contributed by atoms with Crippen LogP contribution in [0.15, 0.2) is 75.3 Å². The van der Waals surface area contributed by atoms with Crippen LogP contribution in [0.5, 0.6) is 0 Å². The lowest BCUT2D eigenvalue weighted by Crippen LogP contribution is -2.22. The van der Waals surface area contributed by atoms with Crippen molar-refractivity contribution in [2.24, 2.45) is 0 Å². The Balaban J connectivity index is 1.40. The van der Waals surface area contributed by atoms with Crippen LogP contribution in [0.3, 0.4) is 0 Å². The summed E-state index contributed by atoms with van der Waals surface area (Å²) in [5.74, 6) is 1.15. The number of amides is 1. The number of rotatable bonds is 5. The molecule has 0 fully saturated rings. The first-order valence-electron chi connectivity index (χ1n) is 7.70. The topological polar surface area (TPSA) is 68.3 Å². The summed E-state index contributed by atoms with van der Waals surface area (Å²) in [6.45, 7) is 0.300. The van der Waals surface area contributed by atoms with Crippen molar-refractivity contribution in [2.45, 2.75) is 6.54 Å². The van der Waals surface area contributed by atoms with Crippen LogP contribution >= 0.6 is 11.3 Å². The predicted octanol–water partition coefficient (Wildman–Crippen LogP) is 4.59. The number of hydrogen-bond donors (Lipinski definition) is 1. The van der Waals surface area contributed by atoms with Gasteiger partial charge in [0, 0.05) is 10.9 Å². The average molecular weight is 350 g/mol. The summed E-state index contributed by atoms with van der Waals surface area (Å²) in [6, 6.07) is 15.3. The minimum atomic E-state index is -0.223. The Labute approximate surface area is 147 Å². The average Bonchev–Trinajstić information content (AvgIpc) is 3.41. The van der Waals surface area contributed by atoms with E-state index in [0.717, 1.165) is 16.1 Å². The van der Waals surface area contributed by atoms with Crippen LogP contribution in [-0.4, -0.2) is 10.9 Å². The highest BCUT2D eigenvalue weighted by Crippen LogP contribution is 2.24. The largest absolute Gasteiger partial charge is 0.472 e. The van der Waals surface area contributed by atoms with E-state index in [4.69, 9.17) is 8.83 Å². The molecule has 124 valence electrons. The quantitative estimate of drug-likeness (QED) is 0.571. The normalized spacial score (nSPS) is 10.7. The number of furan rings is 2. The standard InChI is InChI=1S/C19H14N2O3S/c22-18(16-12-25-19(21-16)13-4-2-1-3-5-13)20-10-15-6-7-17(24-15)14-8-9-23-11-14/h1-9,11-12H,10H2,(H,20,22). The van der Waals surface area contributed by atoms with Gasteiger partial charge in [-0.15, -0.1) is 11.3 Å². The molecule has 4 rings (SSSR count). The maximum absolute atomic E-state index is 12.3. The lowest BCUT2D eigenvalue weighted by Gasteiger charge is -2.00. The van der Waals surface area contributed by atoms with Gasteiger partial charge in [-0.3, -0.25) is 4.79 Å². The Morgan fingerprint density at radius 2 is 1.96 bits per heavy atom. The van der Waals surface area contributed by atoms with Crippen molar-refractivity contribution in [3.8, 4) is 21.9 Å². The van der Waals surface area contributed by atoms with Gasteiger partial charge >= 0.3 is 0 Å². The molecule has 5 nitrogen and oxygen atoms in total. The molecule has 0 spiro atoms. The minimum Gasteiger partial charge on any atom is -0.472 e. The van der Waals surface area contributed by atoms with Crippen LogP contribution in [0, 0.1) is 0 Å². The van der Waals surface area contributed by atoms with Gasteiger partial charge in [0.15, 0.2) is 0 Å². The molecule has 4 aromatic rings. The molecule has 0 saturated carbocycles. The zero-order valence-electron chi connectivity index (χ0n) is 13.1. The summed E-state index contributed by atoms with van der Waals surface area (Å²) < 4.78 is 10.7. The van der Waals surface area contributed by atoms with Crippen LogP contribution in [0.2, 0.25) is 0 Å². The molecule has 3 aromatic heterocycles. The maximum Gasteiger partial charge on any atom is 0.271 e. The number of nitrogens with one attached hydrogen (secondary N) is 1. The van der Waals surface area contributed by atoms with Gasteiger partial charge in [0.2, 0.25) is 0 Å². The van der Waals surface area contributed by atoms with Gasteiger partial charge in [0.05, 0.1) is 18.4 Å². The minimum absolute atomic E-state index is 0.223. The maximum atomic E-state index is 12.3. The van der Waals surface area contributed by atoms with Gasteiger partial charge in [-0.2, -0.15) is 0 Å². The number of hydrogen-bond acceptors (Lipinski definition) is 5. The Morgan fingerprint density at radius 3 is 2.76 bits per heavy atom. The molecule has 3 heterocycles. The van der Waals surface area contributed by atoms with Gasteiger partial charge in [-0.1, -0.05) is 30.3 Å². The molecule has 0 aliphatic rings. The van der Waals surface area contributed by atoms with E-state index in [1.54, 1.807) is 17.9 Å². The first-order chi connectivity index (χ1) is 12.3. The molecular formula is C19H14N2O3S. The van der Waals surface area contributed by atoms with Crippen molar-refractivity contribution in [3.63, 3.8) is 0 Å². The smallest absolute Gasteiger partial charge is 0.271 e. The van der Waals surface area contributed by atoms with Crippen molar-refractivity contribution in [1.29, 1.82) is 0 Å². The molecule has 1 N–H and O–H groups in total. The van der Waals surface area contributed by atoms with Gasteiger partial charge in [-0.05, 0) is 18.2 Å². The zero-order chi connectivity index (χ0) is 17.1. The second-order valence-electron chi connectivity index (χ2n) is 5.36. The van der Waals surface area contributed by atoms with E-state index >= 15 is 0 Å². The lowest BCUT2D eigenvalue weighted by atomic mass is 10.2. The van der Waals surface area contributed by atoms with Crippen LogP contribution in [-0.2, 0) is 6.54 Å². The van der Waals surface area contributed by atoms with E-state index in [-0.39, 0.29) is 5.91 Å². The summed E-state index contributed by atoms with van der Waals surface area (Å²) in [6.07, 6.45) is 3.20. The Hall–Kier alpha value is -3.12. The fraction of sp³-hybridized carbons (Fsp3) is 0.0526. The highest BCUT2D eigenvalue weighted by atomic mass is 32.1. The summed E-state index contributed by atoms with van der Waals surface area (Å²) in [7, 11) is 0. The molecule has 1 aromatic carbocycles. The molecule has 0 aliphatic carbocycles. The number of carbonyl (C=O) groups is 1. The van der Waals surface area contributed by atoms with Gasteiger partial charge in [0.25, 0.3) is 5.91 Å². The number of carbonyl (C=O) groups excluding carboxylic acids is 1. The van der Waals surface area contributed by atoms with Gasteiger partial charge in [0.1, 0.15) is 28.5 Å². The van der Waals surface area contributed by atoms with E-state index < -0.39 is 0 Å². The number of thiazole rings is 1. The number of nitrogens with zero attached hydrogens (tertiary/aromatic N) is 1. The molecule has 25 heavy (non-hydrogen) atoms. The third kappa shape index (κ3) is 3.39. The van der Waals surface area contributed by atoms with E-state index in [9.17, 15) is 4.79 Å². The molecule has 6 heteroatoms. The van der Waals surface area contributed by atoms with Crippen LogP contribution < -0.4 is 5.32 Å². The fourth-order valence-corrected chi connectivity index (χ4v) is 3.19. The SMILES string of the molecule is O=C(NCc1ccc(-c2ccoc2)o1)c1csc(-c2ccccc2)n1. The molecule has 1 amide bonds. The lowest BCUT2D eigenvalue weighted by molar-refractivity contribution is 0.0944. The fourth-order valence-electron chi connectivity index (χ4n) is 2.38. The summed E-state index contributed by atoms with van der Waals surface area (Å²) >= 11 is 1.45. The summed E-state index contributed by atoms with van der Waals surface area (Å²) in [5, 5.41) is 5.41. The second kappa shape index (κ2) is 6.78. The zero-order valence-corrected chi connectivity index (χ0v) is 14.0. The molecule has 0 unspecified atom stereocenters. The highest BCUT2D eigenvalue weighted by molar-refractivity contribution is 7.13. The number of aromatic nitrogens is 1. The van der Waals surface area contributed by atoms with Crippen molar-refractivity contribution in [1.82, 2.24) is 10.3 Å². The summed E-state index contributed by atoms with van der Waals surface area (Å²) in [4.78, 5) is 16.7. The first kappa shape index (κ1) is 15.4. The Bertz CT molecular complexity index is 971. The second-order valence-corrected chi connectivity index (χ2v) is 6.22. The van der Waals surface area contributed by atoms with Crippen molar-refractivity contribution < 1.29 is 13.6 Å². The van der Waals surface area contributed by atoms with Crippen LogP contribution in [0.1, 0.15) is 16.2 Å². The van der Waals surface area contributed by atoms with E-state index in [0.29, 0.717) is 23.8 Å².